The third kappa shape index (κ3) is 3.51. The van der Waals surface area contributed by atoms with Gasteiger partial charge in [-0.2, -0.15) is 0 Å². The van der Waals surface area contributed by atoms with Gasteiger partial charge in [-0.25, -0.2) is 4.98 Å². The van der Waals surface area contributed by atoms with E-state index in [2.05, 4.69) is 15.2 Å². The zero-order chi connectivity index (χ0) is 16.9. The Morgan fingerprint density at radius 3 is 2.67 bits per heavy atom. The predicted octanol–water partition coefficient (Wildman–Crippen LogP) is 0.659. The van der Waals surface area contributed by atoms with E-state index in [4.69, 9.17) is 4.74 Å². The number of ether oxygens (including phenoxy) is 1. The number of anilines is 1. The van der Waals surface area contributed by atoms with Crippen LogP contribution < -0.4 is 10.2 Å². The van der Waals surface area contributed by atoms with E-state index < -0.39 is 0 Å². The van der Waals surface area contributed by atoms with Gasteiger partial charge in [-0.1, -0.05) is 0 Å². The van der Waals surface area contributed by atoms with Gasteiger partial charge in [0, 0.05) is 32.9 Å². The number of morpholine rings is 1. The summed E-state index contributed by atoms with van der Waals surface area (Å²) in [6.45, 7) is 3.63. The molecule has 0 radical (unpaired) electrons. The Balaban J connectivity index is 1.72. The number of carbonyl (C=O) groups is 2. The summed E-state index contributed by atoms with van der Waals surface area (Å²) in [5.74, 6) is 0.640. The minimum atomic E-state index is -0.379. The number of hydrogen-bond donors (Lipinski definition) is 1. The number of amides is 2. The van der Waals surface area contributed by atoms with Crippen molar-refractivity contribution in [2.45, 2.75) is 25.3 Å². The minimum absolute atomic E-state index is 0.0963. The van der Waals surface area contributed by atoms with Crippen LogP contribution in [-0.2, 0) is 9.53 Å². The highest BCUT2D eigenvalue weighted by Gasteiger charge is 2.32. The summed E-state index contributed by atoms with van der Waals surface area (Å²) in [6, 6.07) is 3.29. The third-order valence-electron chi connectivity index (χ3n) is 4.64. The maximum absolute atomic E-state index is 12.8. The molecule has 1 aromatic rings. The van der Waals surface area contributed by atoms with Gasteiger partial charge in [0.25, 0.3) is 5.91 Å². The minimum Gasteiger partial charge on any atom is -0.378 e. The lowest BCUT2D eigenvalue weighted by Crippen LogP contribution is -2.51. The Morgan fingerprint density at radius 1 is 1.21 bits per heavy atom. The smallest absolute Gasteiger partial charge is 0.256 e. The van der Waals surface area contributed by atoms with Crippen LogP contribution in [0.5, 0.6) is 0 Å². The number of likely N-dealkylation sites (tertiary alicyclic amines) is 1. The quantitative estimate of drug-likeness (QED) is 0.880. The van der Waals surface area contributed by atoms with Crippen molar-refractivity contribution in [1.29, 1.82) is 0 Å². The molecular weight excluding hydrogens is 308 g/mol. The van der Waals surface area contributed by atoms with Crippen molar-refractivity contribution in [3.63, 3.8) is 0 Å². The Hall–Kier alpha value is -2.15. The molecular formula is C17H24N4O3. The van der Waals surface area contributed by atoms with Crippen LogP contribution >= 0.6 is 0 Å². The van der Waals surface area contributed by atoms with Crippen LogP contribution in [-0.4, -0.2) is 67.6 Å². The van der Waals surface area contributed by atoms with Crippen LogP contribution in [0.1, 0.15) is 29.6 Å². The summed E-state index contributed by atoms with van der Waals surface area (Å²) in [6.07, 6.45) is 4.22. The second-order valence-electron chi connectivity index (χ2n) is 6.13. The molecule has 0 unspecified atom stereocenters. The number of nitrogens with one attached hydrogen (secondary N) is 1. The average molecular weight is 332 g/mol. The van der Waals surface area contributed by atoms with E-state index in [0.29, 0.717) is 31.7 Å². The first-order valence-electron chi connectivity index (χ1n) is 8.52. The van der Waals surface area contributed by atoms with Gasteiger partial charge in [-0.05, 0) is 31.4 Å². The van der Waals surface area contributed by atoms with Gasteiger partial charge in [-0.15, -0.1) is 0 Å². The highest BCUT2D eigenvalue weighted by molar-refractivity contribution is 5.97. The van der Waals surface area contributed by atoms with Crippen molar-refractivity contribution in [1.82, 2.24) is 15.2 Å². The second kappa shape index (κ2) is 7.61. The Kier molecular flexibility index (Phi) is 5.30. The van der Waals surface area contributed by atoms with Crippen LogP contribution in [0.2, 0.25) is 0 Å². The van der Waals surface area contributed by atoms with Gasteiger partial charge in [0.2, 0.25) is 5.91 Å². The van der Waals surface area contributed by atoms with Crippen molar-refractivity contribution >= 4 is 17.6 Å². The van der Waals surface area contributed by atoms with E-state index in [0.717, 1.165) is 31.7 Å². The monoisotopic (exact) mass is 332 g/mol. The van der Waals surface area contributed by atoms with Crippen LogP contribution in [0.3, 0.4) is 0 Å². The molecule has 3 heterocycles. The number of rotatable bonds is 3. The van der Waals surface area contributed by atoms with E-state index in [-0.39, 0.29) is 17.9 Å². The first kappa shape index (κ1) is 16.7. The van der Waals surface area contributed by atoms with Crippen molar-refractivity contribution in [2.24, 2.45) is 0 Å². The summed E-state index contributed by atoms with van der Waals surface area (Å²) in [7, 11) is 1.61. The maximum Gasteiger partial charge on any atom is 0.256 e. The van der Waals surface area contributed by atoms with E-state index in [1.54, 1.807) is 24.2 Å². The van der Waals surface area contributed by atoms with Crippen molar-refractivity contribution < 1.29 is 14.3 Å². The Labute approximate surface area is 142 Å². The van der Waals surface area contributed by atoms with Crippen LogP contribution in [0.15, 0.2) is 18.3 Å². The van der Waals surface area contributed by atoms with E-state index in [1.807, 2.05) is 6.07 Å². The molecule has 1 aromatic heterocycles. The standard InChI is InChI=1S/C17H24N4O3/c1-18-16(22)14-4-2-3-7-21(14)17(23)13-5-6-15(19-12-13)20-8-10-24-11-9-20/h5-6,12,14H,2-4,7-11H2,1H3,(H,18,22)/t14-/m1/s1. The lowest BCUT2D eigenvalue weighted by molar-refractivity contribution is -0.126. The van der Waals surface area contributed by atoms with Gasteiger partial charge in [-0.3, -0.25) is 9.59 Å². The molecule has 0 saturated carbocycles. The number of likely N-dealkylation sites (N-methyl/N-ethyl adjacent to an activating group) is 1. The summed E-state index contributed by atoms with van der Waals surface area (Å²) in [4.78, 5) is 33.1. The first-order chi connectivity index (χ1) is 11.7. The lowest BCUT2D eigenvalue weighted by Gasteiger charge is -2.34. The van der Waals surface area contributed by atoms with Gasteiger partial charge in [0.05, 0.1) is 18.8 Å². The molecule has 0 aliphatic carbocycles. The fourth-order valence-corrected chi connectivity index (χ4v) is 3.27. The van der Waals surface area contributed by atoms with Crippen molar-refractivity contribution in [3.05, 3.63) is 23.9 Å². The third-order valence-corrected chi connectivity index (χ3v) is 4.64. The summed E-state index contributed by atoms with van der Waals surface area (Å²) in [5, 5.41) is 2.66. The molecule has 1 atom stereocenters. The fourth-order valence-electron chi connectivity index (χ4n) is 3.27. The van der Waals surface area contributed by atoms with E-state index >= 15 is 0 Å². The number of carbonyl (C=O) groups excluding carboxylic acids is 2. The largest absolute Gasteiger partial charge is 0.378 e. The Bertz CT molecular complexity index is 584. The first-order valence-corrected chi connectivity index (χ1v) is 8.52. The van der Waals surface area contributed by atoms with Gasteiger partial charge in [0.1, 0.15) is 11.9 Å². The summed E-state index contributed by atoms with van der Waals surface area (Å²) < 4.78 is 5.34. The molecule has 0 bridgehead atoms. The lowest BCUT2D eigenvalue weighted by atomic mass is 10.0. The molecule has 0 aromatic carbocycles. The van der Waals surface area contributed by atoms with Gasteiger partial charge >= 0.3 is 0 Å². The zero-order valence-corrected chi connectivity index (χ0v) is 14.0. The molecule has 7 nitrogen and oxygen atoms in total. The van der Waals surface area contributed by atoms with Crippen LogP contribution in [0, 0.1) is 0 Å². The zero-order valence-electron chi connectivity index (χ0n) is 14.0. The van der Waals surface area contributed by atoms with Gasteiger partial charge < -0.3 is 19.9 Å². The second-order valence-corrected chi connectivity index (χ2v) is 6.13. The normalized spacial score (nSPS) is 21.5. The van der Waals surface area contributed by atoms with Crippen molar-refractivity contribution in [2.75, 3.05) is 44.8 Å². The molecule has 7 heteroatoms. The SMILES string of the molecule is CNC(=O)[C@H]1CCCCN1C(=O)c1ccc(N2CCOCC2)nc1. The molecule has 130 valence electrons. The number of aromatic nitrogens is 1. The van der Waals surface area contributed by atoms with Gasteiger partial charge in [0.15, 0.2) is 0 Å². The molecule has 2 amide bonds. The molecule has 2 aliphatic rings. The molecule has 1 N–H and O–H groups in total. The average Bonchev–Trinajstić information content (AvgIpc) is 2.67. The fraction of sp³-hybridized carbons (Fsp3) is 0.588. The van der Waals surface area contributed by atoms with E-state index in [9.17, 15) is 9.59 Å². The number of hydrogen-bond acceptors (Lipinski definition) is 5. The molecule has 2 saturated heterocycles. The summed E-state index contributed by atoms with van der Waals surface area (Å²) in [5.41, 5.74) is 0.530. The summed E-state index contributed by atoms with van der Waals surface area (Å²) >= 11 is 0. The number of nitrogens with zero attached hydrogens (tertiary/aromatic N) is 3. The van der Waals surface area contributed by atoms with E-state index in [1.165, 1.54) is 0 Å². The highest BCUT2D eigenvalue weighted by Crippen LogP contribution is 2.21. The van der Waals surface area contributed by atoms with Crippen LogP contribution in [0.4, 0.5) is 5.82 Å². The maximum atomic E-state index is 12.8. The molecule has 0 spiro atoms. The number of piperidine rings is 1. The number of pyridine rings is 1. The highest BCUT2D eigenvalue weighted by atomic mass is 16.5. The van der Waals surface area contributed by atoms with Crippen LogP contribution in [0.25, 0.3) is 0 Å². The molecule has 2 aliphatic heterocycles. The predicted molar refractivity (Wildman–Crippen MR) is 90.0 cm³/mol. The molecule has 2 fully saturated rings. The molecule has 24 heavy (non-hydrogen) atoms. The molecule has 3 rings (SSSR count). The Morgan fingerprint density at radius 2 is 2.00 bits per heavy atom. The van der Waals surface area contributed by atoms with Crippen molar-refractivity contribution in [3.8, 4) is 0 Å². The topological polar surface area (TPSA) is 74.8 Å².